The molecule has 2 aromatic rings. The molecule has 0 bridgehead atoms. The number of hydrogen-bond donors (Lipinski definition) is 2. The molecule has 100 valence electrons. The average molecular weight is 263 g/mol. The summed E-state index contributed by atoms with van der Waals surface area (Å²) in [5.41, 5.74) is -0.861. The number of aromatic amines is 2. The van der Waals surface area contributed by atoms with E-state index in [2.05, 4.69) is 15.1 Å². The molecule has 1 amide bonds. The standard InChI is InChI=1S/C11H13N5O3/c1-15(6-8-12-4-5-13-8)11(19)7-16-10(18)3-2-9(17)14-16/h2-5H,6-7H2,1H3,(H,12,13)(H,14,17). The molecule has 0 aromatic carbocycles. The van der Waals surface area contributed by atoms with Crippen molar-refractivity contribution in [2.45, 2.75) is 13.1 Å². The summed E-state index contributed by atoms with van der Waals surface area (Å²) in [5, 5.41) is 2.30. The highest BCUT2D eigenvalue weighted by molar-refractivity contribution is 5.75. The van der Waals surface area contributed by atoms with Gasteiger partial charge in [0.25, 0.3) is 11.1 Å². The Kier molecular flexibility index (Phi) is 3.60. The first kappa shape index (κ1) is 12.8. The molecule has 0 aliphatic rings. The fourth-order valence-electron chi connectivity index (χ4n) is 1.53. The lowest BCUT2D eigenvalue weighted by atomic mass is 10.4. The van der Waals surface area contributed by atoms with Crippen LogP contribution >= 0.6 is 0 Å². The lowest BCUT2D eigenvalue weighted by Gasteiger charge is -2.16. The number of H-pyrrole nitrogens is 2. The van der Waals surface area contributed by atoms with Gasteiger partial charge in [0.2, 0.25) is 5.91 Å². The molecule has 0 aliphatic carbocycles. The summed E-state index contributed by atoms with van der Waals surface area (Å²) < 4.78 is 0.975. The maximum atomic E-state index is 11.9. The molecule has 8 nitrogen and oxygen atoms in total. The molecule has 0 radical (unpaired) electrons. The zero-order chi connectivity index (χ0) is 13.8. The SMILES string of the molecule is CN(Cc1ncc[nH]1)C(=O)Cn1[nH]c(=O)ccc1=O. The van der Waals surface area contributed by atoms with Gasteiger partial charge in [0.05, 0.1) is 6.54 Å². The minimum absolute atomic E-state index is 0.216. The largest absolute Gasteiger partial charge is 0.347 e. The Balaban J connectivity index is 2.06. The Bertz CT molecular complexity index is 670. The van der Waals surface area contributed by atoms with Crippen molar-refractivity contribution in [1.82, 2.24) is 24.6 Å². The van der Waals surface area contributed by atoms with E-state index in [0.717, 1.165) is 16.8 Å². The zero-order valence-corrected chi connectivity index (χ0v) is 10.3. The van der Waals surface area contributed by atoms with Crippen molar-refractivity contribution in [2.24, 2.45) is 0 Å². The summed E-state index contributed by atoms with van der Waals surface area (Å²) in [4.78, 5) is 42.7. The maximum Gasteiger partial charge on any atom is 0.265 e. The van der Waals surface area contributed by atoms with Gasteiger partial charge in [-0.25, -0.2) is 9.67 Å². The lowest BCUT2D eigenvalue weighted by Crippen LogP contribution is -2.36. The van der Waals surface area contributed by atoms with Gasteiger partial charge in [-0.05, 0) is 0 Å². The number of imidazole rings is 1. The Morgan fingerprint density at radius 1 is 1.42 bits per heavy atom. The summed E-state index contributed by atoms with van der Waals surface area (Å²) in [5.74, 6) is 0.338. The minimum atomic E-state index is -0.431. The fraction of sp³-hybridized carbons (Fsp3) is 0.273. The number of likely N-dealkylation sites (N-methyl/N-ethyl adjacent to an activating group) is 1. The predicted octanol–water partition coefficient (Wildman–Crippen LogP) is -1.08. The van der Waals surface area contributed by atoms with E-state index in [1.165, 1.54) is 4.90 Å². The van der Waals surface area contributed by atoms with Crippen molar-refractivity contribution in [1.29, 1.82) is 0 Å². The topological polar surface area (TPSA) is 104 Å². The van der Waals surface area contributed by atoms with Gasteiger partial charge in [0.15, 0.2) is 0 Å². The van der Waals surface area contributed by atoms with Gasteiger partial charge >= 0.3 is 0 Å². The second-order valence-corrected chi connectivity index (χ2v) is 4.02. The Hall–Kier alpha value is -2.64. The normalized spacial score (nSPS) is 10.4. The van der Waals surface area contributed by atoms with Crippen LogP contribution in [0.2, 0.25) is 0 Å². The molecule has 8 heteroatoms. The third-order valence-corrected chi connectivity index (χ3v) is 2.55. The molecule has 0 atom stereocenters. The lowest BCUT2D eigenvalue weighted by molar-refractivity contribution is -0.131. The third kappa shape index (κ3) is 3.18. The first-order valence-corrected chi connectivity index (χ1v) is 5.58. The van der Waals surface area contributed by atoms with Gasteiger partial charge in [-0.1, -0.05) is 0 Å². The molecule has 19 heavy (non-hydrogen) atoms. The van der Waals surface area contributed by atoms with Crippen molar-refractivity contribution >= 4 is 5.91 Å². The summed E-state index contributed by atoms with van der Waals surface area (Å²) in [6, 6.07) is 2.24. The van der Waals surface area contributed by atoms with Crippen molar-refractivity contribution in [3.8, 4) is 0 Å². The number of amides is 1. The van der Waals surface area contributed by atoms with Gasteiger partial charge in [-0.15, -0.1) is 0 Å². The monoisotopic (exact) mass is 263 g/mol. The number of carbonyl (C=O) groups excluding carboxylic acids is 1. The van der Waals surface area contributed by atoms with Crippen LogP contribution in [-0.2, 0) is 17.9 Å². The van der Waals surface area contributed by atoms with Gasteiger partial charge in [-0.2, -0.15) is 0 Å². The Labute approximate surface area is 107 Å². The van der Waals surface area contributed by atoms with Crippen LogP contribution in [0.25, 0.3) is 0 Å². The average Bonchev–Trinajstić information content (AvgIpc) is 2.86. The number of aromatic nitrogens is 4. The minimum Gasteiger partial charge on any atom is -0.347 e. The van der Waals surface area contributed by atoms with E-state index in [4.69, 9.17) is 0 Å². The van der Waals surface area contributed by atoms with E-state index in [-0.39, 0.29) is 12.5 Å². The molecule has 2 heterocycles. The molecule has 2 rings (SSSR count). The van der Waals surface area contributed by atoms with Crippen molar-refractivity contribution in [3.05, 3.63) is 51.1 Å². The van der Waals surface area contributed by atoms with Crippen LogP contribution in [0.3, 0.4) is 0 Å². The van der Waals surface area contributed by atoms with E-state index in [0.29, 0.717) is 12.4 Å². The summed E-state index contributed by atoms with van der Waals surface area (Å²) in [7, 11) is 1.59. The highest BCUT2D eigenvalue weighted by Gasteiger charge is 2.12. The highest BCUT2D eigenvalue weighted by Crippen LogP contribution is 1.96. The molecular weight excluding hydrogens is 250 g/mol. The predicted molar refractivity (Wildman–Crippen MR) is 66.4 cm³/mol. The van der Waals surface area contributed by atoms with Gasteiger partial charge < -0.3 is 9.88 Å². The van der Waals surface area contributed by atoms with Gasteiger partial charge in [0.1, 0.15) is 12.4 Å². The van der Waals surface area contributed by atoms with E-state index < -0.39 is 11.1 Å². The smallest absolute Gasteiger partial charge is 0.265 e. The van der Waals surface area contributed by atoms with Crippen LogP contribution in [0.4, 0.5) is 0 Å². The molecule has 0 saturated heterocycles. The molecule has 0 spiro atoms. The Morgan fingerprint density at radius 3 is 2.89 bits per heavy atom. The molecule has 0 saturated carbocycles. The summed E-state index contributed by atoms with van der Waals surface area (Å²) in [6.45, 7) is 0.0871. The van der Waals surface area contributed by atoms with E-state index >= 15 is 0 Å². The second-order valence-electron chi connectivity index (χ2n) is 4.02. The molecule has 0 aliphatic heterocycles. The van der Waals surface area contributed by atoms with Gasteiger partial charge in [0, 0.05) is 31.6 Å². The number of nitrogens with zero attached hydrogens (tertiary/aromatic N) is 3. The van der Waals surface area contributed by atoms with Crippen molar-refractivity contribution < 1.29 is 4.79 Å². The van der Waals surface area contributed by atoms with Crippen molar-refractivity contribution in [3.63, 3.8) is 0 Å². The maximum absolute atomic E-state index is 11.9. The first-order valence-electron chi connectivity index (χ1n) is 5.58. The van der Waals surface area contributed by atoms with Crippen LogP contribution in [0.5, 0.6) is 0 Å². The molecule has 2 N–H and O–H groups in total. The van der Waals surface area contributed by atoms with Crippen LogP contribution in [-0.4, -0.2) is 37.6 Å². The summed E-state index contributed by atoms with van der Waals surface area (Å²) >= 11 is 0. The van der Waals surface area contributed by atoms with Crippen LogP contribution < -0.4 is 11.1 Å². The van der Waals surface area contributed by atoms with Crippen LogP contribution in [0.1, 0.15) is 5.82 Å². The van der Waals surface area contributed by atoms with E-state index in [9.17, 15) is 14.4 Å². The van der Waals surface area contributed by atoms with Crippen LogP contribution in [0.15, 0.2) is 34.1 Å². The van der Waals surface area contributed by atoms with E-state index in [1.807, 2.05) is 0 Å². The molecule has 0 unspecified atom stereocenters. The highest BCUT2D eigenvalue weighted by atomic mass is 16.2. The zero-order valence-electron chi connectivity index (χ0n) is 10.3. The Morgan fingerprint density at radius 2 is 2.21 bits per heavy atom. The number of nitrogens with one attached hydrogen (secondary N) is 2. The molecule has 0 fully saturated rings. The molecular formula is C11H13N5O3. The quantitative estimate of drug-likeness (QED) is 0.732. The van der Waals surface area contributed by atoms with Gasteiger partial charge in [-0.3, -0.25) is 19.5 Å². The number of rotatable bonds is 4. The first-order chi connectivity index (χ1) is 9.06. The third-order valence-electron chi connectivity index (χ3n) is 2.55. The van der Waals surface area contributed by atoms with E-state index in [1.54, 1.807) is 19.4 Å². The fourth-order valence-corrected chi connectivity index (χ4v) is 1.53. The molecule has 2 aromatic heterocycles. The number of hydrogen-bond acceptors (Lipinski definition) is 4. The van der Waals surface area contributed by atoms with Crippen molar-refractivity contribution in [2.75, 3.05) is 7.05 Å². The number of carbonyl (C=O) groups is 1. The second kappa shape index (κ2) is 5.34. The van der Waals surface area contributed by atoms with Crippen LogP contribution in [0, 0.1) is 0 Å². The summed E-state index contributed by atoms with van der Waals surface area (Å²) in [6.07, 6.45) is 3.25.